The molecule has 0 aromatic heterocycles. The molecule has 1 aromatic rings. The SMILES string of the molecule is Cc1ccc(C(=O)N2CCC3(CC2)CN(CC(C)C)CC32CCNC2=O)cc1C.O=C(O)C(F)(F)F. The Morgan fingerprint density at radius 3 is 2.17 bits per heavy atom. The summed E-state index contributed by atoms with van der Waals surface area (Å²) in [5.74, 6) is -1.78. The smallest absolute Gasteiger partial charge is 0.475 e. The number of hydrogen-bond donors (Lipinski definition) is 2. The Balaban J connectivity index is 0.000000454. The van der Waals surface area contributed by atoms with Crippen molar-refractivity contribution in [1.29, 1.82) is 0 Å². The van der Waals surface area contributed by atoms with Gasteiger partial charge in [0.2, 0.25) is 5.91 Å². The molecule has 10 heteroatoms. The first-order valence-corrected chi connectivity index (χ1v) is 12.4. The molecular weight excluding hydrogens is 475 g/mol. The van der Waals surface area contributed by atoms with Gasteiger partial charge in [-0.25, -0.2) is 4.79 Å². The number of aliphatic carboxylic acids is 1. The number of carboxylic acid groups (broad SMARTS) is 1. The predicted molar refractivity (Wildman–Crippen MR) is 129 cm³/mol. The highest BCUT2D eigenvalue weighted by atomic mass is 19.4. The molecule has 7 nitrogen and oxygen atoms in total. The van der Waals surface area contributed by atoms with Crippen LogP contribution in [0.3, 0.4) is 0 Å². The molecule has 3 saturated heterocycles. The van der Waals surface area contributed by atoms with Crippen molar-refractivity contribution in [3.63, 3.8) is 0 Å². The van der Waals surface area contributed by atoms with Crippen molar-refractivity contribution in [2.75, 3.05) is 39.3 Å². The summed E-state index contributed by atoms with van der Waals surface area (Å²) >= 11 is 0. The zero-order valence-corrected chi connectivity index (χ0v) is 21.4. The third-order valence-electron chi connectivity index (χ3n) is 7.93. The lowest BCUT2D eigenvalue weighted by Gasteiger charge is -2.46. The molecule has 0 radical (unpaired) electrons. The first-order chi connectivity index (χ1) is 16.7. The Morgan fingerprint density at radius 2 is 1.69 bits per heavy atom. The minimum atomic E-state index is -5.08. The van der Waals surface area contributed by atoms with Gasteiger partial charge in [0.25, 0.3) is 5.91 Å². The molecule has 2 spiro atoms. The first-order valence-electron chi connectivity index (χ1n) is 12.4. The molecule has 1 atom stereocenters. The Bertz CT molecular complexity index is 1000. The van der Waals surface area contributed by atoms with Crippen LogP contribution in [-0.2, 0) is 9.59 Å². The Labute approximate surface area is 210 Å². The van der Waals surface area contributed by atoms with E-state index in [1.54, 1.807) is 0 Å². The lowest BCUT2D eigenvalue weighted by molar-refractivity contribution is -0.192. The van der Waals surface area contributed by atoms with Gasteiger partial charge in [0.15, 0.2) is 0 Å². The van der Waals surface area contributed by atoms with Gasteiger partial charge in [0, 0.05) is 50.2 Å². The van der Waals surface area contributed by atoms with Gasteiger partial charge in [-0.15, -0.1) is 0 Å². The van der Waals surface area contributed by atoms with Crippen molar-refractivity contribution >= 4 is 17.8 Å². The van der Waals surface area contributed by atoms with Crippen LogP contribution in [-0.4, -0.2) is 78.1 Å². The van der Waals surface area contributed by atoms with Gasteiger partial charge < -0.3 is 20.2 Å². The molecule has 2 N–H and O–H groups in total. The van der Waals surface area contributed by atoms with Crippen molar-refractivity contribution in [2.24, 2.45) is 16.7 Å². The number of alkyl halides is 3. The summed E-state index contributed by atoms with van der Waals surface area (Å²) in [4.78, 5) is 39.5. The Kier molecular flexibility index (Phi) is 8.07. The molecule has 3 heterocycles. The van der Waals surface area contributed by atoms with Gasteiger partial charge in [-0.3, -0.25) is 9.59 Å². The van der Waals surface area contributed by atoms with E-state index in [9.17, 15) is 22.8 Å². The van der Waals surface area contributed by atoms with Crippen molar-refractivity contribution in [1.82, 2.24) is 15.1 Å². The second-order valence-corrected chi connectivity index (χ2v) is 10.8. The highest BCUT2D eigenvalue weighted by Gasteiger charge is 2.63. The number of carboxylic acids is 1. The van der Waals surface area contributed by atoms with E-state index in [0.717, 1.165) is 69.7 Å². The average molecular weight is 512 g/mol. The van der Waals surface area contributed by atoms with Crippen LogP contribution < -0.4 is 5.32 Å². The van der Waals surface area contributed by atoms with Crippen LogP contribution >= 0.6 is 0 Å². The van der Waals surface area contributed by atoms with Gasteiger partial charge in [0.05, 0.1) is 5.41 Å². The summed E-state index contributed by atoms with van der Waals surface area (Å²) in [6.07, 6.45) is -2.30. The number of hydrogen-bond acceptors (Lipinski definition) is 4. The minimum Gasteiger partial charge on any atom is -0.475 e. The molecule has 1 unspecified atom stereocenters. The van der Waals surface area contributed by atoms with Crippen molar-refractivity contribution in [3.05, 3.63) is 34.9 Å². The van der Waals surface area contributed by atoms with Crippen molar-refractivity contribution in [3.8, 4) is 0 Å². The normalized spacial score (nSPS) is 23.7. The Hall–Kier alpha value is -2.62. The van der Waals surface area contributed by atoms with E-state index < -0.39 is 12.1 Å². The second kappa shape index (κ2) is 10.4. The topological polar surface area (TPSA) is 90.0 Å². The van der Waals surface area contributed by atoms with Crippen LogP contribution in [0.5, 0.6) is 0 Å². The summed E-state index contributed by atoms with van der Waals surface area (Å²) in [7, 11) is 0. The molecule has 36 heavy (non-hydrogen) atoms. The monoisotopic (exact) mass is 511 g/mol. The van der Waals surface area contributed by atoms with E-state index in [1.165, 1.54) is 5.56 Å². The highest BCUT2D eigenvalue weighted by Crippen LogP contribution is 2.56. The second-order valence-electron chi connectivity index (χ2n) is 10.8. The summed E-state index contributed by atoms with van der Waals surface area (Å²) in [6.45, 7) is 13.8. The number of piperidine rings is 1. The molecule has 3 aliphatic rings. The molecule has 200 valence electrons. The number of halogens is 3. The number of carbonyl (C=O) groups excluding carboxylic acids is 2. The van der Waals surface area contributed by atoms with Gasteiger partial charge in [0.1, 0.15) is 0 Å². The predicted octanol–water partition coefficient (Wildman–Crippen LogP) is 3.64. The quantitative estimate of drug-likeness (QED) is 0.647. The van der Waals surface area contributed by atoms with E-state index >= 15 is 0 Å². The van der Waals surface area contributed by atoms with Gasteiger partial charge >= 0.3 is 12.1 Å². The summed E-state index contributed by atoms with van der Waals surface area (Å²) in [5, 5.41) is 10.2. The van der Waals surface area contributed by atoms with Crippen molar-refractivity contribution < 1.29 is 32.7 Å². The number of carbonyl (C=O) groups is 3. The summed E-state index contributed by atoms with van der Waals surface area (Å²) in [5.41, 5.74) is 2.89. The van der Waals surface area contributed by atoms with Gasteiger partial charge in [-0.2, -0.15) is 13.2 Å². The third kappa shape index (κ3) is 5.53. The summed E-state index contributed by atoms with van der Waals surface area (Å²) in [6, 6.07) is 5.99. The summed E-state index contributed by atoms with van der Waals surface area (Å²) < 4.78 is 31.7. The van der Waals surface area contributed by atoms with Crippen LogP contribution in [0.4, 0.5) is 13.2 Å². The van der Waals surface area contributed by atoms with Crippen molar-refractivity contribution in [2.45, 2.75) is 53.1 Å². The van der Waals surface area contributed by atoms with Crippen LogP contribution in [0.15, 0.2) is 18.2 Å². The maximum Gasteiger partial charge on any atom is 0.490 e. The molecule has 3 fully saturated rings. The van der Waals surface area contributed by atoms with E-state index in [4.69, 9.17) is 9.90 Å². The highest BCUT2D eigenvalue weighted by molar-refractivity contribution is 5.94. The van der Waals surface area contributed by atoms with E-state index in [0.29, 0.717) is 5.92 Å². The molecule has 2 amide bonds. The number of fused-ring (bicyclic) bond motifs is 1. The fourth-order valence-corrected chi connectivity index (χ4v) is 5.99. The van der Waals surface area contributed by atoms with Crippen LogP contribution in [0.25, 0.3) is 0 Å². The number of nitrogens with zero attached hydrogens (tertiary/aromatic N) is 2. The van der Waals surface area contributed by atoms with Gasteiger partial charge in [-0.1, -0.05) is 19.9 Å². The fraction of sp³-hybridized carbons (Fsp3) is 0.654. The van der Waals surface area contributed by atoms with Gasteiger partial charge in [-0.05, 0) is 62.3 Å². The number of likely N-dealkylation sites (tertiary alicyclic amines) is 2. The maximum absolute atomic E-state index is 13.1. The van der Waals surface area contributed by atoms with E-state index in [2.05, 4.69) is 37.9 Å². The largest absolute Gasteiger partial charge is 0.490 e. The number of benzene rings is 1. The van der Waals surface area contributed by atoms with Crippen LogP contribution in [0, 0.1) is 30.6 Å². The standard InChI is InChI=1S/C24H35N3O2.C2HF3O2/c1-17(2)14-26-15-23(24(16-26)7-10-25-22(24)29)8-11-27(12-9-23)21(28)20-6-5-18(3)19(4)13-20;3-2(4,5)1(6)7/h5-6,13,17H,7-12,14-16H2,1-4H3,(H,25,29);(H,6,7). The minimum absolute atomic E-state index is 0.00243. The van der Waals surface area contributed by atoms with E-state index in [-0.39, 0.29) is 22.6 Å². The molecule has 4 rings (SSSR count). The van der Waals surface area contributed by atoms with E-state index in [1.807, 2.05) is 23.1 Å². The zero-order chi connectivity index (χ0) is 26.9. The average Bonchev–Trinajstić information content (AvgIpc) is 3.29. The van der Waals surface area contributed by atoms with Crippen LogP contribution in [0.2, 0.25) is 0 Å². The molecule has 3 aliphatic heterocycles. The fourth-order valence-electron chi connectivity index (χ4n) is 5.99. The molecule has 1 aromatic carbocycles. The first kappa shape index (κ1) is 28.0. The molecule has 0 saturated carbocycles. The molecule has 0 aliphatic carbocycles. The third-order valence-corrected chi connectivity index (χ3v) is 7.93. The lowest BCUT2D eigenvalue weighted by Crippen LogP contribution is -2.53. The van der Waals surface area contributed by atoms with Crippen LogP contribution in [0.1, 0.15) is 54.6 Å². The number of aryl methyl sites for hydroxylation is 2. The maximum atomic E-state index is 13.1. The molecular formula is C26H36F3N3O4. The molecule has 0 bridgehead atoms. The number of rotatable bonds is 3. The number of amides is 2. The number of nitrogens with one attached hydrogen (secondary N) is 1. The zero-order valence-electron chi connectivity index (χ0n) is 21.4. The Morgan fingerprint density at radius 1 is 1.08 bits per heavy atom. The lowest BCUT2D eigenvalue weighted by atomic mass is 9.60.